The summed E-state index contributed by atoms with van der Waals surface area (Å²) in [4.78, 5) is 22.5. The molecule has 0 aliphatic heterocycles. The monoisotopic (exact) mass is 389 g/mol. The van der Waals surface area contributed by atoms with Gasteiger partial charge < -0.3 is 5.11 Å². The number of aliphatic hydroxyl groups is 1. The molecule has 0 spiro atoms. The van der Waals surface area contributed by atoms with Crippen LogP contribution in [0.5, 0.6) is 0 Å². The molecule has 8 heteroatoms. The number of rotatable bonds is 7. The number of benzene rings is 2. The number of aromatic nitrogens is 3. The lowest BCUT2D eigenvalue weighted by molar-refractivity contribution is 0.282. The first-order chi connectivity index (χ1) is 12.6. The molecule has 0 saturated heterocycles. The molecule has 3 aromatic rings. The quantitative estimate of drug-likeness (QED) is 0.603. The highest BCUT2D eigenvalue weighted by Crippen LogP contribution is 2.23. The Kier molecular flexibility index (Phi) is 6.43. The second-order valence-corrected chi connectivity index (χ2v) is 7.29. The number of hydrogen-bond acceptors (Lipinski definition) is 6. The summed E-state index contributed by atoms with van der Waals surface area (Å²) in [6.45, 7) is 0.00713. The normalized spacial score (nSPS) is 10.8. The van der Waals surface area contributed by atoms with Crippen molar-refractivity contribution in [2.45, 2.75) is 28.4 Å². The number of nitrogens with one attached hydrogen (secondary N) is 1. The number of aliphatic hydroxyl groups excluding tert-OH is 1. The van der Waals surface area contributed by atoms with Crippen molar-refractivity contribution in [3.63, 3.8) is 0 Å². The van der Waals surface area contributed by atoms with Crippen LogP contribution in [0.15, 0.2) is 63.6 Å². The van der Waals surface area contributed by atoms with Gasteiger partial charge in [0.05, 0.1) is 6.61 Å². The Morgan fingerprint density at radius 2 is 1.69 bits per heavy atom. The van der Waals surface area contributed by atoms with Gasteiger partial charge in [0.2, 0.25) is 0 Å². The number of thioether (sulfide) groups is 2. The van der Waals surface area contributed by atoms with E-state index in [0.717, 1.165) is 11.1 Å². The number of hydrogen-bond donors (Lipinski definition) is 2. The van der Waals surface area contributed by atoms with Gasteiger partial charge in [-0.1, -0.05) is 66.0 Å². The first-order valence-electron chi connectivity index (χ1n) is 7.80. The van der Waals surface area contributed by atoms with Gasteiger partial charge in [-0.25, -0.2) is 9.18 Å². The zero-order valence-corrected chi connectivity index (χ0v) is 15.3. The minimum Gasteiger partial charge on any atom is -0.392 e. The Bertz CT molecular complexity index is 932. The Morgan fingerprint density at radius 1 is 0.962 bits per heavy atom. The van der Waals surface area contributed by atoms with Gasteiger partial charge in [-0.15, -0.1) is 0 Å². The molecule has 0 aliphatic carbocycles. The van der Waals surface area contributed by atoms with Crippen LogP contribution in [0, 0.1) is 5.82 Å². The summed E-state index contributed by atoms with van der Waals surface area (Å²) in [7, 11) is 0. The van der Waals surface area contributed by atoms with Crippen LogP contribution in [0.4, 0.5) is 4.39 Å². The van der Waals surface area contributed by atoms with E-state index < -0.39 is 5.69 Å². The molecule has 0 fully saturated rings. The number of aromatic amines is 1. The average molecular weight is 389 g/mol. The number of H-pyrrole nitrogens is 1. The molecule has 5 nitrogen and oxygen atoms in total. The average Bonchev–Trinajstić information content (AvgIpc) is 2.66. The van der Waals surface area contributed by atoms with Crippen molar-refractivity contribution in [3.05, 3.63) is 81.5 Å². The third-order valence-corrected chi connectivity index (χ3v) is 5.34. The van der Waals surface area contributed by atoms with E-state index in [1.165, 1.54) is 29.6 Å². The van der Waals surface area contributed by atoms with Crippen LogP contribution in [0.3, 0.4) is 0 Å². The van der Waals surface area contributed by atoms with Crippen molar-refractivity contribution in [2.75, 3.05) is 0 Å². The summed E-state index contributed by atoms with van der Waals surface area (Å²) < 4.78 is 13.7. The van der Waals surface area contributed by atoms with Crippen molar-refractivity contribution < 1.29 is 9.50 Å². The van der Waals surface area contributed by atoms with Crippen LogP contribution in [0.25, 0.3) is 0 Å². The fourth-order valence-corrected chi connectivity index (χ4v) is 3.82. The Hall–Kier alpha value is -2.16. The summed E-state index contributed by atoms with van der Waals surface area (Å²) in [5, 5.41) is 9.84. The summed E-state index contributed by atoms with van der Waals surface area (Å²) >= 11 is 2.60. The topological polar surface area (TPSA) is 78.9 Å². The third-order valence-electron chi connectivity index (χ3n) is 3.50. The number of halogens is 1. The van der Waals surface area contributed by atoms with Crippen LogP contribution in [-0.2, 0) is 18.1 Å². The predicted molar refractivity (Wildman–Crippen MR) is 101 cm³/mol. The molecule has 26 heavy (non-hydrogen) atoms. The van der Waals surface area contributed by atoms with E-state index in [2.05, 4.69) is 15.0 Å². The van der Waals surface area contributed by atoms with Gasteiger partial charge in [-0.3, -0.25) is 4.98 Å². The minimum atomic E-state index is -0.478. The smallest absolute Gasteiger partial charge is 0.349 e. The molecule has 1 aromatic heterocycles. The lowest BCUT2D eigenvalue weighted by atomic mass is 10.2. The van der Waals surface area contributed by atoms with Crippen molar-refractivity contribution in [1.29, 1.82) is 0 Å². The summed E-state index contributed by atoms with van der Waals surface area (Å²) in [6.07, 6.45) is 0. The van der Waals surface area contributed by atoms with Gasteiger partial charge in [-0.05, 0) is 22.8 Å². The minimum absolute atomic E-state index is 0.00713. The van der Waals surface area contributed by atoms with E-state index in [1.54, 1.807) is 18.2 Å². The van der Waals surface area contributed by atoms with Crippen LogP contribution >= 0.6 is 23.5 Å². The van der Waals surface area contributed by atoms with Gasteiger partial charge >= 0.3 is 5.69 Å². The van der Waals surface area contributed by atoms with Crippen LogP contribution in [0.2, 0.25) is 0 Å². The molecule has 0 radical (unpaired) electrons. The maximum Gasteiger partial charge on any atom is 0.349 e. The standard InChI is InChI=1S/C18H16FN3O2S2/c19-15-4-2-1-3-14(15)11-26-18-21-16(24)20-17(22-18)25-10-13-7-5-12(9-23)6-8-13/h1-8,23H,9-11H2,(H,20,21,22,24). The highest BCUT2D eigenvalue weighted by Gasteiger charge is 2.07. The van der Waals surface area contributed by atoms with E-state index in [9.17, 15) is 9.18 Å². The fraction of sp³-hybridized carbons (Fsp3) is 0.167. The Morgan fingerprint density at radius 3 is 2.42 bits per heavy atom. The molecular weight excluding hydrogens is 373 g/mol. The maximum absolute atomic E-state index is 13.7. The van der Waals surface area contributed by atoms with Crippen LogP contribution in [-0.4, -0.2) is 20.1 Å². The largest absolute Gasteiger partial charge is 0.392 e. The highest BCUT2D eigenvalue weighted by atomic mass is 32.2. The molecule has 2 N–H and O–H groups in total. The highest BCUT2D eigenvalue weighted by molar-refractivity contribution is 7.99. The molecule has 3 rings (SSSR count). The molecule has 0 amide bonds. The molecule has 2 aromatic carbocycles. The van der Waals surface area contributed by atoms with E-state index >= 15 is 0 Å². The van der Waals surface area contributed by atoms with Crippen molar-refractivity contribution in [1.82, 2.24) is 15.0 Å². The Labute approximate surface area is 158 Å². The lowest BCUT2D eigenvalue weighted by Crippen LogP contribution is -2.13. The van der Waals surface area contributed by atoms with Crippen LogP contribution < -0.4 is 5.69 Å². The Balaban J connectivity index is 1.65. The first-order valence-corrected chi connectivity index (χ1v) is 9.77. The molecule has 0 bridgehead atoms. The summed E-state index contributed by atoms with van der Waals surface area (Å²) in [6, 6.07) is 14.0. The lowest BCUT2D eigenvalue weighted by Gasteiger charge is -2.05. The van der Waals surface area contributed by atoms with E-state index in [0.29, 0.717) is 27.4 Å². The summed E-state index contributed by atoms with van der Waals surface area (Å²) in [5.41, 5.74) is 1.96. The van der Waals surface area contributed by atoms with E-state index in [1.807, 2.05) is 24.3 Å². The molecule has 1 heterocycles. The second-order valence-electron chi connectivity index (χ2n) is 5.38. The molecular formula is C18H16FN3O2S2. The van der Waals surface area contributed by atoms with Crippen LogP contribution in [0.1, 0.15) is 16.7 Å². The second kappa shape index (κ2) is 8.98. The zero-order chi connectivity index (χ0) is 18.4. The molecule has 0 aliphatic rings. The van der Waals surface area contributed by atoms with Gasteiger partial charge in [0, 0.05) is 11.5 Å². The van der Waals surface area contributed by atoms with Crippen molar-refractivity contribution >= 4 is 23.5 Å². The molecule has 134 valence electrons. The maximum atomic E-state index is 13.7. The molecule has 0 unspecified atom stereocenters. The third kappa shape index (κ3) is 5.17. The van der Waals surface area contributed by atoms with Crippen molar-refractivity contribution in [3.8, 4) is 0 Å². The van der Waals surface area contributed by atoms with Gasteiger partial charge in [0.15, 0.2) is 10.3 Å². The molecule has 0 atom stereocenters. The molecule has 0 saturated carbocycles. The predicted octanol–water partition coefficient (Wildman–Crippen LogP) is 3.38. The number of nitrogens with zero attached hydrogens (tertiary/aromatic N) is 2. The van der Waals surface area contributed by atoms with Crippen molar-refractivity contribution in [2.24, 2.45) is 0 Å². The van der Waals surface area contributed by atoms with Gasteiger partial charge in [0.1, 0.15) is 5.82 Å². The summed E-state index contributed by atoms with van der Waals surface area (Å²) in [5.74, 6) is 0.691. The fourth-order valence-electron chi connectivity index (χ4n) is 2.13. The van der Waals surface area contributed by atoms with Gasteiger partial charge in [0.25, 0.3) is 0 Å². The van der Waals surface area contributed by atoms with E-state index in [4.69, 9.17) is 5.11 Å². The first kappa shape index (κ1) is 18.6. The SMILES string of the molecule is O=c1nc(SCc2ccc(CO)cc2)nc(SCc2ccccc2F)[nH]1. The zero-order valence-electron chi connectivity index (χ0n) is 13.7. The van der Waals surface area contributed by atoms with E-state index in [-0.39, 0.29) is 12.4 Å². The van der Waals surface area contributed by atoms with Gasteiger partial charge in [-0.2, -0.15) is 9.97 Å².